The van der Waals surface area contributed by atoms with Gasteiger partial charge in [-0.25, -0.2) is 8.42 Å². The van der Waals surface area contributed by atoms with Crippen molar-refractivity contribution in [3.05, 3.63) is 18.2 Å². The number of benzene rings is 1. The molecular weight excluding hydrogens is 388 g/mol. The van der Waals surface area contributed by atoms with Crippen molar-refractivity contribution in [1.29, 1.82) is 0 Å². The maximum absolute atomic E-state index is 13.1. The number of hydrogen-bond acceptors (Lipinski definition) is 6. The van der Waals surface area contributed by atoms with Gasteiger partial charge >= 0.3 is 0 Å². The molecule has 1 aliphatic heterocycles. The third-order valence-electron chi connectivity index (χ3n) is 3.95. The van der Waals surface area contributed by atoms with Gasteiger partial charge in [-0.3, -0.25) is 4.79 Å². The highest BCUT2D eigenvalue weighted by molar-refractivity contribution is 8.00. The first-order valence-corrected chi connectivity index (χ1v) is 11.7. The fourth-order valence-electron chi connectivity index (χ4n) is 2.62. The van der Waals surface area contributed by atoms with Crippen molar-refractivity contribution in [3.8, 4) is 11.5 Å². The van der Waals surface area contributed by atoms with Crippen LogP contribution in [0.3, 0.4) is 0 Å². The van der Waals surface area contributed by atoms with Crippen molar-refractivity contribution in [2.45, 2.75) is 38.6 Å². The van der Waals surface area contributed by atoms with Crippen LogP contribution in [0.1, 0.15) is 27.7 Å². The zero-order chi connectivity index (χ0) is 20.0. The third-order valence-corrected chi connectivity index (χ3v) is 6.98. The number of rotatable bonds is 9. The Morgan fingerprint density at radius 1 is 1.26 bits per heavy atom. The van der Waals surface area contributed by atoms with Gasteiger partial charge in [0.1, 0.15) is 6.04 Å². The summed E-state index contributed by atoms with van der Waals surface area (Å²) in [5.41, 5.74) is 0. The van der Waals surface area contributed by atoms with Crippen molar-refractivity contribution >= 4 is 27.7 Å². The second-order valence-electron chi connectivity index (χ2n) is 6.52. The van der Waals surface area contributed by atoms with Gasteiger partial charge in [0.05, 0.1) is 24.0 Å². The van der Waals surface area contributed by atoms with Crippen molar-refractivity contribution in [1.82, 2.24) is 9.62 Å². The number of nitrogens with zero attached hydrogens (tertiary/aromatic N) is 1. The number of thioether (sulfide) groups is 1. The lowest BCUT2D eigenvalue weighted by molar-refractivity contribution is -0.123. The zero-order valence-corrected chi connectivity index (χ0v) is 17.9. The summed E-state index contributed by atoms with van der Waals surface area (Å²) < 4.78 is 38.6. The number of hydrogen-bond donors (Lipinski definition) is 1. The Hall–Kier alpha value is -1.45. The van der Waals surface area contributed by atoms with Crippen LogP contribution >= 0.6 is 11.8 Å². The molecule has 9 heteroatoms. The minimum atomic E-state index is -3.83. The number of amides is 1. The van der Waals surface area contributed by atoms with Gasteiger partial charge in [0, 0.05) is 18.4 Å². The fourth-order valence-corrected chi connectivity index (χ4v) is 5.79. The number of carbonyl (C=O) groups excluding carboxylic acids is 1. The topological polar surface area (TPSA) is 84.9 Å². The Morgan fingerprint density at radius 2 is 1.93 bits per heavy atom. The van der Waals surface area contributed by atoms with Crippen LogP contribution in [0.15, 0.2) is 23.1 Å². The molecule has 0 saturated carbocycles. The van der Waals surface area contributed by atoms with E-state index in [0.29, 0.717) is 42.9 Å². The molecule has 2 rings (SSSR count). The van der Waals surface area contributed by atoms with Crippen LogP contribution in [0.5, 0.6) is 11.5 Å². The number of ether oxygens (including phenoxy) is 2. The van der Waals surface area contributed by atoms with Gasteiger partial charge in [-0.05, 0) is 31.9 Å². The lowest BCUT2D eigenvalue weighted by Crippen LogP contribution is -2.47. The van der Waals surface area contributed by atoms with E-state index in [1.807, 2.05) is 27.7 Å². The van der Waals surface area contributed by atoms with E-state index in [1.165, 1.54) is 28.2 Å². The average molecular weight is 417 g/mol. The van der Waals surface area contributed by atoms with E-state index in [4.69, 9.17) is 9.47 Å². The number of sulfonamides is 1. The van der Waals surface area contributed by atoms with Crippen molar-refractivity contribution in [2.75, 3.05) is 31.4 Å². The van der Waals surface area contributed by atoms with Crippen molar-refractivity contribution < 1.29 is 22.7 Å². The lowest BCUT2D eigenvalue weighted by Gasteiger charge is -2.23. The minimum absolute atomic E-state index is 0.0959. The van der Waals surface area contributed by atoms with Gasteiger partial charge in [-0.1, -0.05) is 13.8 Å². The summed E-state index contributed by atoms with van der Waals surface area (Å²) in [4.78, 5) is 12.6. The predicted molar refractivity (Wildman–Crippen MR) is 107 cm³/mol. The summed E-state index contributed by atoms with van der Waals surface area (Å²) >= 11 is 1.43. The van der Waals surface area contributed by atoms with Crippen molar-refractivity contribution in [2.24, 2.45) is 5.92 Å². The molecule has 1 unspecified atom stereocenters. The monoisotopic (exact) mass is 416 g/mol. The molecule has 1 fully saturated rings. The summed E-state index contributed by atoms with van der Waals surface area (Å²) in [5.74, 6) is 1.62. The molecule has 1 aliphatic rings. The summed E-state index contributed by atoms with van der Waals surface area (Å²) in [7, 11) is -3.83. The fraction of sp³-hybridized carbons (Fsp3) is 0.611. The molecule has 1 saturated heterocycles. The smallest absolute Gasteiger partial charge is 0.244 e. The van der Waals surface area contributed by atoms with E-state index in [-0.39, 0.29) is 16.7 Å². The van der Waals surface area contributed by atoms with Gasteiger partial charge in [-0.15, -0.1) is 11.8 Å². The highest BCUT2D eigenvalue weighted by atomic mass is 32.2. The lowest BCUT2D eigenvalue weighted by atomic mass is 10.2. The summed E-state index contributed by atoms with van der Waals surface area (Å²) in [6.45, 7) is 9.02. The summed E-state index contributed by atoms with van der Waals surface area (Å²) in [6, 6.07) is 3.85. The highest BCUT2D eigenvalue weighted by Gasteiger charge is 2.40. The molecule has 0 radical (unpaired) electrons. The molecule has 152 valence electrons. The SMILES string of the molecule is CCOc1ccc(S(=O)(=O)N2CSCC2C(=O)NCC(C)C)cc1OCC. The Morgan fingerprint density at radius 3 is 2.56 bits per heavy atom. The third kappa shape index (κ3) is 5.30. The summed E-state index contributed by atoms with van der Waals surface area (Å²) in [6.07, 6.45) is 0. The summed E-state index contributed by atoms with van der Waals surface area (Å²) in [5, 5.41) is 2.83. The molecule has 0 aromatic heterocycles. The number of nitrogens with one attached hydrogen (secondary N) is 1. The van der Waals surface area contributed by atoms with Crippen LogP contribution in [0, 0.1) is 5.92 Å². The first-order chi connectivity index (χ1) is 12.8. The maximum Gasteiger partial charge on any atom is 0.244 e. The number of carbonyl (C=O) groups is 1. The van der Waals surface area contributed by atoms with Gasteiger partial charge in [-0.2, -0.15) is 4.31 Å². The second kappa shape index (κ2) is 9.66. The Labute approximate surface area is 165 Å². The van der Waals surface area contributed by atoms with E-state index < -0.39 is 16.1 Å². The largest absolute Gasteiger partial charge is 0.490 e. The molecule has 0 spiro atoms. The molecule has 1 aromatic carbocycles. The van der Waals surface area contributed by atoms with Crippen LogP contribution in [-0.4, -0.2) is 56.1 Å². The highest BCUT2D eigenvalue weighted by Crippen LogP contribution is 2.34. The molecular formula is C18H28N2O5S2. The standard InChI is InChI=1S/C18H28N2O5S2/c1-5-24-16-8-7-14(9-17(16)25-6-2)27(22,23)20-12-26-11-15(20)18(21)19-10-13(3)4/h7-9,13,15H,5-6,10-12H2,1-4H3,(H,19,21). The predicted octanol–water partition coefficient (Wildman–Crippen LogP) is 2.32. The normalized spacial score (nSPS) is 17.9. The Kier molecular flexibility index (Phi) is 7.81. The van der Waals surface area contributed by atoms with Crippen LogP contribution in [0.4, 0.5) is 0 Å². The molecule has 27 heavy (non-hydrogen) atoms. The Balaban J connectivity index is 2.28. The molecule has 1 heterocycles. The van der Waals surface area contributed by atoms with Gasteiger partial charge in [0.2, 0.25) is 15.9 Å². The molecule has 0 aliphatic carbocycles. The van der Waals surface area contributed by atoms with E-state index in [2.05, 4.69) is 5.32 Å². The van der Waals surface area contributed by atoms with E-state index in [0.717, 1.165) is 0 Å². The second-order valence-corrected chi connectivity index (χ2v) is 9.41. The molecule has 0 bridgehead atoms. The van der Waals surface area contributed by atoms with E-state index in [9.17, 15) is 13.2 Å². The van der Waals surface area contributed by atoms with Gasteiger partial charge in [0.25, 0.3) is 0 Å². The van der Waals surface area contributed by atoms with E-state index >= 15 is 0 Å². The quantitative estimate of drug-likeness (QED) is 0.665. The van der Waals surface area contributed by atoms with E-state index in [1.54, 1.807) is 6.07 Å². The molecule has 1 aromatic rings. The molecule has 7 nitrogen and oxygen atoms in total. The minimum Gasteiger partial charge on any atom is -0.490 e. The van der Waals surface area contributed by atoms with Gasteiger partial charge in [0.15, 0.2) is 11.5 Å². The van der Waals surface area contributed by atoms with Crippen LogP contribution in [-0.2, 0) is 14.8 Å². The Bertz CT molecular complexity index is 752. The first-order valence-electron chi connectivity index (χ1n) is 9.08. The zero-order valence-electron chi connectivity index (χ0n) is 16.2. The van der Waals surface area contributed by atoms with Crippen LogP contribution in [0.25, 0.3) is 0 Å². The molecule has 1 N–H and O–H groups in total. The molecule has 1 amide bonds. The average Bonchev–Trinajstić information content (AvgIpc) is 3.12. The van der Waals surface area contributed by atoms with Gasteiger partial charge < -0.3 is 14.8 Å². The van der Waals surface area contributed by atoms with Crippen LogP contribution in [0.2, 0.25) is 0 Å². The molecule has 1 atom stereocenters. The van der Waals surface area contributed by atoms with Crippen molar-refractivity contribution in [3.63, 3.8) is 0 Å². The first kappa shape index (κ1) is 21.8. The van der Waals surface area contributed by atoms with Crippen LogP contribution < -0.4 is 14.8 Å². The maximum atomic E-state index is 13.1.